The summed E-state index contributed by atoms with van der Waals surface area (Å²) in [4.78, 5) is 32.5. The molecule has 0 unspecified atom stereocenters. The smallest absolute Gasteiger partial charge is 0.254 e. The fourth-order valence-electron chi connectivity index (χ4n) is 4.13. The van der Waals surface area contributed by atoms with Crippen molar-refractivity contribution in [1.82, 2.24) is 15.0 Å². The van der Waals surface area contributed by atoms with Crippen LogP contribution in [0.3, 0.4) is 0 Å². The van der Waals surface area contributed by atoms with Gasteiger partial charge in [0.05, 0.1) is 11.1 Å². The van der Waals surface area contributed by atoms with Crippen LogP contribution in [-0.2, 0) is 4.79 Å². The van der Waals surface area contributed by atoms with Gasteiger partial charge in [0.15, 0.2) is 5.82 Å². The van der Waals surface area contributed by atoms with Crippen molar-refractivity contribution in [3.8, 4) is 0 Å². The second kappa shape index (κ2) is 7.55. The molecule has 3 aromatic rings. The number of carbonyl (C=O) groups is 2. The minimum Gasteiger partial charge on any atom is -0.360 e. The fourth-order valence-corrected chi connectivity index (χ4v) is 4.13. The predicted molar refractivity (Wildman–Crippen MR) is 112 cm³/mol. The number of piperidine rings is 1. The molecule has 1 aliphatic carbocycles. The highest BCUT2D eigenvalue weighted by atomic mass is 16.5. The number of benzene rings is 1. The normalized spacial score (nSPS) is 17.3. The highest BCUT2D eigenvalue weighted by Crippen LogP contribution is 2.40. The number of nitrogens with one attached hydrogen (secondary N) is 1. The number of pyridine rings is 1. The molecule has 2 fully saturated rings. The predicted octanol–water partition coefficient (Wildman–Crippen LogP) is 3.90. The Labute approximate surface area is 174 Å². The van der Waals surface area contributed by atoms with Crippen molar-refractivity contribution in [1.29, 1.82) is 0 Å². The maximum absolute atomic E-state index is 13.4. The van der Waals surface area contributed by atoms with Crippen molar-refractivity contribution in [3.63, 3.8) is 0 Å². The van der Waals surface area contributed by atoms with Crippen LogP contribution in [0.2, 0.25) is 0 Å². The Morgan fingerprint density at radius 1 is 1.10 bits per heavy atom. The van der Waals surface area contributed by atoms with Crippen LogP contribution in [0.4, 0.5) is 5.82 Å². The van der Waals surface area contributed by atoms with Crippen LogP contribution in [0.5, 0.6) is 0 Å². The third kappa shape index (κ3) is 3.67. The molecule has 0 spiro atoms. The zero-order chi connectivity index (χ0) is 20.7. The van der Waals surface area contributed by atoms with Gasteiger partial charge in [-0.3, -0.25) is 14.6 Å². The van der Waals surface area contributed by atoms with E-state index >= 15 is 0 Å². The van der Waals surface area contributed by atoms with E-state index in [-0.39, 0.29) is 17.7 Å². The van der Waals surface area contributed by atoms with Gasteiger partial charge in [0.1, 0.15) is 5.76 Å². The number of carbonyl (C=O) groups excluding carboxylic acids is 2. The Morgan fingerprint density at radius 2 is 1.87 bits per heavy atom. The van der Waals surface area contributed by atoms with E-state index < -0.39 is 0 Å². The van der Waals surface area contributed by atoms with E-state index in [1.54, 1.807) is 13.0 Å². The zero-order valence-electron chi connectivity index (χ0n) is 16.9. The molecule has 1 N–H and O–H groups in total. The molecule has 1 saturated heterocycles. The molecule has 1 aromatic carbocycles. The van der Waals surface area contributed by atoms with Gasteiger partial charge in [0.25, 0.3) is 5.91 Å². The van der Waals surface area contributed by atoms with Gasteiger partial charge in [-0.25, -0.2) is 0 Å². The molecule has 1 saturated carbocycles. The molecule has 0 bridgehead atoms. The van der Waals surface area contributed by atoms with Crippen LogP contribution in [0.15, 0.2) is 40.9 Å². The number of anilines is 1. The van der Waals surface area contributed by atoms with Gasteiger partial charge in [-0.2, -0.15) is 0 Å². The molecule has 2 aliphatic rings. The zero-order valence-corrected chi connectivity index (χ0v) is 16.9. The van der Waals surface area contributed by atoms with Gasteiger partial charge < -0.3 is 14.7 Å². The molecular weight excluding hydrogens is 380 g/mol. The van der Waals surface area contributed by atoms with Crippen LogP contribution < -0.4 is 5.32 Å². The Balaban J connectivity index is 1.29. The minimum absolute atomic E-state index is 0.0292. The molecule has 30 heavy (non-hydrogen) atoms. The van der Waals surface area contributed by atoms with E-state index in [9.17, 15) is 9.59 Å². The number of aromatic nitrogens is 2. The first-order valence-corrected chi connectivity index (χ1v) is 10.5. The second-order valence-corrected chi connectivity index (χ2v) is 8.26. The lowest BCUT2D eigenvalue weighted by Gasteiger charge is -2.31. The summed E-state index contributed by atoms with van der Waals surface area (Å²) in [6, 6.07) is 11.5. The highest BCUT2D eigenvalue weighted by molar-refractivity contribution is 6.06. The molecule has 0 atom stereocenters. The topological polar surface area (TPSA) is 88.3 Å². The van der Waals surface area contributed by atoms with E-state index in [1.807, 2.05) is 35.2 Å². The summed E-state index contributed by atoms with van der Waals surface area (Å²) in [6.45, 7) is 2.90. The molecule has 2 aromatic heterocycles. The third-order valence-electron chi connectivity index (χ3n) is 5.99. The monoisotopic (exact) mass is 404 g/mol. The van der Waals surface area contributed by atoms with E-state index in [1.165, 1.54) is 0 Å². The molecule has 0 radical (unpaired) electrons. The first kappa shape index (κ1) is 18.8. The summed E-state index contributed by atoms with van der Waals surface area (Å²) < 4.78 is 4.99. The van der Waals surface area contributed by atoms with Crippen LogP contribution in [0.1, 0.15) is 53.4 Å². The summed E-state index contributed by atoms with van der Waals surface area (Å²) in [6.07, 6.45) is 3.55. The SMILES string of the molecule is Cc1cc(NC(=O)C2CCN(C(=O)c3cc(C4CC4)nc4ccccc34)CC2)no1. The van der Waals surface area contributed by atoms with Crippen molar-refractivity contribution in [2.24, 2.45) is 5.92 Å². The Morgan fingerprint density at radius 3 is 2.57 bits per heavy atom. The molecule has 3 heterocycles. The fraction of sp³-hybridized carbons (Fsp3) is 0.391. The van der Waals surface area contributed by atoms with Crippen LogP contribution in [0, 0.1) is 12.8 Å². The number of fused-ring (bicyclic) bond motifs is 1. The number of rotatable bonds is 4. The standard InChI is InChI=1S/C23H24N4O3/c1-14-12-21(26-30-14)25-22(28)16-8-10-27(11-9-16)23(29)18-13-20(15-6-7-15)24-19-5-3-2-4-17(18)19/h2-5,12-13,15-16H,6-11H2,1H3,(H,25,26,28). The Bertz CT molecular complexity index is 1110. The second-order valence-electron chi connectivity index (χ2n) is 8.26. The third-order valence-corrected chi connectivity index (χ3v) is 5.99. The molecule has 1 aliphatic heterocycles. The molecule has 7 nitrogen and oxygen atoms in total. The maximum Gasteiger partial charge on any atom is 0.254 e. The average Bonchev–Trinajstić information content (AvgIpc) is 3.55. The largest absolute Gasteiger partial charge is 0.360 e. The lowest BCUT2D eigenvalue weighted by Crippen LogP contribution is -2.41. The molecule has 154 valence electrons. The molecule has 7 heteroatoms. The lowest BCUT2D eigenvalue weighted by atomic mass is 9.95. The van der Waals surface area contributed by atoms with E-state index in [0.29, 0.717) is 43.4 Å². The van der Waals surface area contributed by atoms with E-state index in [2.05, 4.69) is 10.5 Å². The number of nitrogens with zero attached hydrogens (tertiary/aromatic N) is 3. The van der Waals surface area contributed by atoms with Crippen molar-refractivity contribution in [2.75, 3.05) is 18.4 Å². The number of amides is 2. The molecular formula is C23H24N4O3. The van der Waals surface area contributed by atoms with Gasteiger partial charge in [-0.15, -0.1) is 0 Å². The summed E-state index contributed by atoms with van der Waals surface area (Å²) in [5, 5.41) is 7.51. The Hall–Kier alpha value is -3.22. The Kier molecular flexibility index (Phi) is 4.73. The average molecular weight is 404 g/mol. The van der Waals surface area contributed by atoms with Crippen LogP contribution in [0.25, 0.3) is 10.9 Å². The van der Waals surface area contributed by atoms with Crippen molar-refractivity contribution in [2.45, 2.75) is 38.5 Å². The maximum atomic E-state index is 13.4. The first-order chi connectivity index (χ1) is 14.6. The van der Waals surface area contributed by atoms with Gasteiger partial charge >= 0.3 is 0 Å². The summed E-state index contributed by atoms with van der Waals surface area (Å²) in [5.74, 6) is 1.40. The van der Waals surface area contributed by atoms with Gasteiger partial charge in [-0.05, 0) is 44.7 Å². The number of hydrogen-bond acceptors (Lipinski definition) is 5. The summed E-state index contributed by atoms with van der Waals surface area (Å²) in [5.41, 5.74) is 2.63. The number of likely N-dealkylation sites (tertiary alicyclic amines) is 1. The number of para-hydroxylation sites is 1. The van der Waals surface area contributed by atoms with Crippen molar-refractivity contribution < 1.29 is 14.1 Å². The van der Waals surface area contributed by atoms with Gasteiger partial charge in [-0.1, -0.05) is 23.4 Å². The summed E-state index contributed by atoms with van der Waals surface area (Å²) in [7, 11) is 0. The highest BCUT2D eigenvalue weighted by Gasteiger charge is 2.31. The lowest BCUT2D eigenvalue weighted by molar-refractivity contribution is -0.121. The van der Waals surface area contributed by atoms with Crippen molar-refractivity contribution in [3.05, 3.63) is 53.4 Å². The first-order valence-electron chi connectivity index (χ1n) is 10.5. The van der Waals surface area contributed by atoms with Crippen LogP contribution >= 0.6 is 0 Å². The van der Waals surface area contributed by atoms with Crippen molar-refractivity contribution >= 4 is 28.5 Å². The van der Waals surface area contributed by atoms with E-state index in [4.69, 9.17) is 9.51 Å². The number of hydrogen-bond donors (Lipinski definition) is 1. The van der Waals surface area contributed by atoms with Gasteiger partial charge in [0, 0.05) is 42.1 Å². The molecule has 2 amide bonds. The van der Waals surface area contributed by atoms with E-state index in [0.717, 1.165) is 35.0 Å². The number of aryl methyl sites for hydroxylation is 1. The van der Waals surface area contributed by atoms with Crippen LogP contribution in [-0.4, -0.2) is 39.9 Å². The minimum atomic E-state index is -0.137. The quantitative estimate of drug-likeness (QED) is 0.712. The van der Waals surface area contributed by atoms with Gasteiger partial charge in [0.2, 0.25) is 5.91 Å². The molecule has 5 rings (SSSR count). The summed E-state index contributed by atoms with van der Waals surface area (Å²) >= 11 is 0.